The van der Waals surface area contributed by atoms with E-state index in [1.807, 2.05) is 24.3 Å². The lowest BCUT2D eigenvalue weighted by Gasteiger charge is -2.10. The zero-order chi connectivity index (χ0) is 10.7. The third-order valence-electron chi connectivity index (χ3n) is 2.38. The van der Waals surface area contributed by atoms with Gasteiger partial charge in [0.15, 0.2) is 0 Å². The molecule has 1 unspecified atom stereocenters. The van der Waals surface area contributed by atoms with Crippen LogP contribution >= 0.6 is 0 Å². The molecule has 2 rings (SSSR count). The fourth-order valence-electron chi connectivity index (χ4n) is 1.64. The Labute approximate surface area is 89.6 Å². The molecule has 2 aromatic rings. The minimum absolute atomic E-state index is 0.330. The number of fused-ring (bicyclic) bond motifs is 1. The lowest BCUT2D eigenvalue weighted by Crippen LogP contribution is -2.15. The molecule has 0 saturated carbocycles. The van der Waals surface area contributed by atoms with E-state index in [-0.39, 0.29) is 6.10 Å². The first-order chi connectivity index (χ1) is 7.27. The molecule has 0 aromatic heterocycles. The number of anilines is 1. The van der Waals surface area contributed by atoms with Crippen LogP contribution in [0.25, 0.3) is 10.8 Å². The second-order valence-corrected chi connectivity index (χ2v) is 3.76. The van der Waals surface area contributed by atoms with Gasteiger partial charge in [-0.05, 0) is 18.4 Å². The molecule has 2 nitrogen and oxygen atoms in total. The summed E-state index contributed by atoms with van der Waals surface area (Å²) in [5.74, 6) is 0. The SMILES string of the molecule is CC(O)CNc1cccc2ccccc12. The zero-order valence-corrected chi connectivity index (χ0v) is 8.77. The largest absolute Gasteiger partial charge is 0.392 e. The molecule has 0 spiro atoms. The highest BCUT2D eigenvalue weighted by molar-refractivity contribution is 5.93. The van der Waals surface area contributed by atoms with Gasteiger partial charge in [0.2, 0.25) is 0 Å². The molecule has 15 heavy (non-hydrogen) atoms. The second-order valence-electron chi connectivity index (χ2n) is 3.76. The zero-order valence-electron chi connectivity index (χ0n) is 8.77. The Hall–Kier alpha value is -1.54. The summed E-state index contributed by atoms with van der Waals surface area (Å²) >= 11 is 0. The van der Waals surface area contributed by atoms with E-state index >= 15 is 0 Å². The van der Waals surface area contributed by atoms with Gasteiger partial charge in [0, 0.05) is 17.6 Å². The van der Waals surface area contributed by atoms with E-state index < -0.39 is 0 Å². The molecule has 0 amide bonds. The molecular weight excluding hydrogens is 186 g/mol. The van der Waals surface area contributed by atoms with Crippen LogP contribution in [0.4, 0.5) is 5.69 Å². The summed E-state index contributed by atoms with van der Waals surface area (Å²) in [7, 11) is 0. The molecule has 2 aromatic carbocycles. The lowest BCUT2D eigenvalue weighted by atomic mass is 10.1. The summed E-state index contributed by atoms with van der Waals surface area (Å²) in [6, 6.07) is 14.4. The summed E-state index contributed by atoms with van der Waals surface area (Å²) in [5, 5.41) is 14.9. The van der Waals surface area contributed by atoms with E-state index in [0.717, 1.165) is 5.69 Å². The third kappa shape index (κ3) is 2.28. The van der Waals surface area contributed by atoms with Gasteiger partial charge in [-0.2, -0.15) is 0 Å². The number of aliphatic hydroxyl groups excluding tert-OH is 1. The Morgan fingerprint density at radius 3 is 2.67 bits per heavy atom. The first-order valence-corrected chi connectivity index (χ1v) is 5.17. The van der Waals surface area contributed by atoms with Crippen LogP contribution < -0.4 is 5.32 Å². The highest BCUT2D eigenvalue weighted by Crippen LogP contribution is 2.22. The number of rotatable bonds is 3. The van der Waals surface area contributed by atoms with Crippen LogP contribution in [0.2, 0.25) is 0 Å². The van der Waals surface area contributed by atoms with Crippen molar-refractivity contribution in [2.45, 2.75) is 13.0 Å². The Kier molecular flexibility index (Phi) is 2.88. The van der Waals surface area contributed by atoms with E-state index in [4.69, 9.17) is 0 Å². The molecule has 2 N–H and O–H groups in total. The molecule has 0 radical (unpaired) electrons. The number of nitrogens with one attached hydrogen (secondary N) is 1. The van der Waals surface area contributed by atoms with Gasteiger partial charge in [-0.1, -0.05) is 36.4 Å². The predicted molar refractivity (Wildman–Crippen MR) is 64.1 cm³/mol. The topological polar surface area (TPSA) is 32.3 Å². The van der Waals surface area contributed by atoms with Crippen molar-refractivity contribution in [3.8, 4) is 0 Å². The van der Waals surface area contributed by atoms with Crippen LogP contribution in [0.15, 0.2) is 42.5 Å². The molecule has 2 heteroatoms. The van der Waals surface area contributed by atoms with Crippen molar-refractivity contribution in [2.75, 3.05) is 11.9 Å². The fraction of sp³-hybridized carbons (Fsp3) is 0.231. The molecule has 1 atom stereocenters. The van der Waals surface area contributed by atoms with E-state index in [9.17, 15) is 5.11 Å². The molecule has 0 fully saturated rings. The van der Waals surface area contributed by atoms with Crippen molar-refractivity contribution in [3.63, 3.8) is 0 Å². The Bertz CT molecular complexity index is 446. The monoisotopic (exact) mass is 201 g/mol. The summed E-state index contributed by atoms with van der Waals surface area (Å²) in [4.78, 5) is 0. The predicted octanol–water partition coefficient (Wildman–Crippen LogP) is 2.63. The maximum atomic E-state index is 9.22. The average molecular weight is 201 g/mol. The standard InChI is InChI=1S/C13H15NO/c1-10(15)9-14-13-8-4-6-11-5-2-3-7-12(11)13/h2-8,10,14-15H,9H2,1H3. The van der Waals surface area contributed by atoms with Crippen molar-refractivity contribution >= 4 is 16.5 Å². The smallest absolute Gasteiger partial charge is 0.0684 e. The molecule has 0 bridgehead atoms. The lowest BCUT2D eigenvalue weighted by molar-refractivity contribution is 0.208. The highest BCUT2D eigenvalue weighted by Gasteiger charge is 2.00. The first-order valence-electron chi connectivity index (χ1n) is 5.17. The van der Waals surface area contributed by atoms with Gasteiger partial charge < -0.3 is 10.4 Å². The van der Waals surface area contributed by atoms with Crippen LogP contribution in [0.3, 0.4) is 0 Å². The average Bonchev–Trinajstić information content (AvgIpc) is 2.26. The fourth-order valence-corrected chi connectivity index (χ4v) is 1.64. The minimum Gasteiger partial charge on any atom is -0.392 e. The van der Waals surface area contributed by atoms with Crippen LogP contribution in [0.5, 0.6) is 0 Å². The van der Waals surface area contributed by atoms with E-state index in [0.29, 0.717) is 6.54 Å². The van der Waals surface area contributed by atoms with Crippen molar-refractivity contribution in [3.05, 3.63) is 42.5 Å². The van der Waals surface area contributed by atoms with Crippen LogP contribution in [-0.4, -0.2) is 17.8 Å². The Morgan fingerprint density at radius 2 is 1.87 bits per heavy atom. The normalized spacial score (nSPS) is 12.7. The van der Waals surface area contributed by atoms with Crippen LogP contribution in [-0.2, 0) is 0 Å². The van der Waals surface area contributed by atoms with Crippen molar-refractivity contribution < 1.29 is 5.11 Å². The second kappa shape index (κ2) is 4.32. The van der Waals surface area contributed by atoms with E-state index in [1.54, 1.807) is 6.92 Å². The van der Waals surface area contributed by atoms with Crippen molar-refractivity contribution in [2.24, 2.45) is 0 Å². The molecule has 0 aliphatic carbocycles. The van der Waals surface area contributed by atoms with Crippen molar-refractivity contribution in [1.29, 1.82) is 0 Å². The molecular formula is C13H15NO. The quantitative estimate of drug-likeness (QED) is 0.800. The van der Waals surface area contributed by atoms with Gasteiger partial charge in [0.25, 0.3) is 0 Å². The molecule has 0 aliphatic heterocycles. The molecule has 0 aliphatic rings. The van der Waals surface area contributed by atoms with Crippen molar-refractivity contribution in [1.82, 2.24) is 0 Å². The first kappa shape index (κ1) is 9.99. The van der Waals surface area contributed by atoms with Gasteiger partial charge in [-0.15, -0.1) is 0 Å². The number of hydrogen-bond donors (Lipinski definition) is 2. The van der Waals surface area contributed by atoms with Gasteiger partial charge >= 0.3 is 0 Å². The maximum absolute atomic E-state index is 9.22. The summed E-state index contributed by atoms with van der Waals surface area (Å²) in [6.45, 7) is 2.35. The van der Waals surface area contributed by atoms with Gasteiger partial charge in [0.05, 0.1) is 6.10 Å². The highest BCUT2D eigenvalue weighted by atomic mass is 16.3. The Morgan fingerprint density at radius 1 is 1.13 bits per heavy atom. The molecule has 0 saturated heterocycles. The van der Waals surface area contributed by atoms with Crippen LogP contribution in [0, 0.1) is 0 Å². The molecule has 78 valence electrons. The summed E-state index contributed by atoms with van der Waals surface area (Å²) in [6.07, 6.45) is -0.330. The van der Waals surface area contributed by atoms with E-state index in [2.05, 4.69) is 23.5 Å². The summed E-state index contributed by atoms with van der Waals surface area (Å²) in [5.41, 5.74) is 1.08. The van der Waals surface area contributed by atoms with Gasteiger partial charge in [-0.3, -0.25) is 0 Å². The van der Waals surface area contributed by atoms with Gasteiger partial charge in [0.1, 0.15) is 0 Å². The Balaban J connectivity index is 2.34. The number of aliphatic hydroxyl groups is 1. The third-order valence-corrected chi connectivity index (χ3v) is 2.38. The number of hydrogen-bond acceptors (Lipinski definition) is 2. The van der Waals surface area contributed by atoms with Gasteiger partial charge in [-0.25, -0.2) is 0 Å². The summed E-state index contributed by atoms with van der Waals surface area (Å²) < 4.78 is 0. The maximum Gasteiger partial charge on any atom is 0.0684 e. The number of benzene rings is 2. The van der Waals surface area contributed by atoms with Crippen LogP contribution in [0.1, 0.15) is 6.92 Å². The molecule has 0 heterocycles. The van der Waals surface area contributed by atoms with E-state index in [1.165, 1.54) is 10.8 Å². The minimum atomic E-state index is -0.330.